The second-order valence-corrected chi connectivity index (χ2v) is 5.29. The number of aromatic amines is 1. The molecule has 0 saturated carbocycles. The van der Waals surface area contributed by atoms with Gasteiger partial charge in [-0.25, -0.2) is 0 Å². The first-order valence-electron chi connectivity index (χ1n) is 7.38. The summed E-state index contributed by atoms with van der Waals surface area (Å²) in [7, 11) is 0. The summed E-state index contributed by atoms with van der Waals surface area (Å²) < 4.78 is 5.59. The fourth-order valence-electron chi connectivity index (χ4n) is 2.31. The first kappa shape index (κ1) is 16.6. The zero-order valence-electron chi connectivity index (χ0n) is 13.3. The van der Waals surface area contributed by atoms with E-state index in [0.717, 1.165) is 17.2 Å². The van der Waals surface area contributed by atoms with Crippen LogP contribution in [0.1, 0.15) is 41.4 Å². The lowest BCUT2D eigenvalue weighted by Gasteiger charge is -2.18. The number of carbonyl (C=O) groups excluding carboxylic acids is 1. The number of hydrogen-bond donors (Lipinski definition) is 3. The maximum absolute atomic E-state index is 12.3. The van der Waals surface area contributed by atoms with Crippen LogP contribution in [0.4, 0.5) is 0 Å². The van der Waals surface area contributed by atoms with Crippen LogP contribution < -0.4 is 15.6 Å². The molecule has 0 radical (unpaired) electrons. The summed E-state index contributed by atoms with van der Waals surface area (Å²) in [6.45, 7) is 6.22. The van der Waals surface area contributed by atoms with E-state index < -0.39 is 11.5 Å². The minimum atomic E-state index is -0.534. The van der Waals surface area contributed by atoms with E-state index in [9.17, 15) is 14.7 Å². The summed E-state index contributed by atoms with van der Waals surface area (Å²) in [6, 6.07) is 7.80. The van der Waals surface area contributed by atoms with E-state index in [1.165, 1.54) is 6.07 Å². The molecule has 23 heavy (non-hydrogen) atoms. The van der Waals surface area contributed by atoms with Crippen LogP contribution in [0.3, 0.4) is 0 Å². The maximum atomic E-state index is 12.3. The average molecular weight is 316 g/mol. The molecule has 2 aromatic rings. The van der Waals surface area contributed by atoms with Crippen LogP contribution in [0.2, 0.25) is 0 Å². The Balaban J connectivity index is 2.24. The van der Waals surface area contributed by atoms with Crippen molar-refractivity contribution in [2.75, 3.05) is 6.61 Å². The molecule has 3 N–H and O–H groups in total. The van der Waals surface area contributed by atoms with Gasteiger partial charge in [-0.05, 0) is 26.8 Å². The summed E-state index contributed by atoms with van der Waals surface area (Å²) in [5.74, 6) is -0.0802. The second-order valence-electron chi connectivity index (χ2n) is 5.29. The van der Waals surface area contributed by atoms with Crippen molar-refractivity contribution in [2.45, 2.75) is 26.8 Å². The Morgan fingerprint density at radius 2 is 2.09 bits per heavy atom. The molecule has 1 heterocycles. The Morgan fingerprint density at radius 3 is 2.74 bits per heavy atom. The van der Waals surface area contributed by atoms with Gasteiger partial charge in [-0.1, -0.05) is 17.7 Å². The highest BCUT2D eigenvalue weighted by Gasteiger charge is 2.16. The first-order chi connectivity index (χ1) is 10.9. The van der Waals surface area contributed by atoms with Gasteiger partial charge in [0.1, 0.15) is 5.75 Å². The molecule has 0 bridgehead atoms. The van der Waals surface area contributed by atoms with Crippen LogP contribution in [-0.2, 0) is 0 Å². The van der Waals surface area contributed by atoms with Gasteiger partial charge in [0.05, 0.1) is 18.2 Å². The van der Waals surface area contributed by atoms with Gasteiger partial charge in [0.25, 0.3) is 11.5 Å². The van der Waals surface area contributed by atoms with Crippen molar-refractivity contribution in [3.8, 4) is 11.6 Å². The largest absolute Gasteiger partial charge is 0.494 e. The van der Waals surface area contributed by atoms with Crippen LogP contribution in [0.25, 0.3) is 0 Å². The van der Waals surface area contributed by atoms with Gasteiger partial charge in [0.15, 0.2) is 5.88 Å². The molecule has 1 unspecified atom stereocenters. The monoisotopic (exact) mass is 316 g/mol. The molecule has 1 atom stereocenters. The second kappa shape index (κ2) is 7.00. The van der Waals surface area contributed by atoms with Crippen LogP contribution in [0.15, 0.2) is 35.1 Å². The van der Waals surface area contributed by atoms with Gasteiger partial charge < -0.3 is 15.2 Å². The number of pyridine rings is 1. The number of ether oxygens (including phenoxy) is 1. The van der Waals surface area contributed by atoms with Crippen molar-refractivity contribution < 1.29 is 14.6 Å². The normalized spacial score (nSPS) is 11.8. The molecule has 0 saturated heterocycles. The topological polar surface area (TPSA) is 91.4 Å². The highest BCUT2D eigenvalue weighted by Crippen LogP contribution is 2.26. The number of aryl methyl sites for hydroxylation is 1. The fourth-order valence-corrected chi connectivity index (χ4v) is 2.31. The van der Waals surface area contributed by atoms with Crippen LogP contribution >= 0.6 is 0 Å². The van der Waals surface area contributed by atoms with Crippen LogP contribution in [-0.4, -0.2) is 22.6 Å². The summed E-state index contributed by atoms with van der Waals surface area (Å²) in [5, 5.41) is 12.2. The molecule has 122 valence electrons. The van der Waals surface area contributed by atoms with Crippen molar-refractivity contribution in [3.63, 3.8) is 0 Å². The number of carbonyl (C=O) groups is 1. The summed E-state index contributed by atoms with van der Waals surface area (Å²) in [6.07, 6.45) is 0. The van der Waals surface area contributed by atoms with Gasteiger partial charge in [-0.3, -0.25) is 14.6 Å². The van der Waals surface area contributed by atoms with Gasteiger partial charge in [0, 0.05) is 17.7 Å². The zero-order valence-corrected chi connectivity index (χ0v) is 13.3. The Morgan fingerprint density at radius 1 is 1.35 bits per heavy atom. The quantitative estimate of drug-likeness (QED) is 0.789. The molecule has 6 nitrogen and oxygen atoms in total. The van der Waals surface area contributed by atoms with E-state index in [2.05, 4.69) is 10.3 Å². The Hall–Kier alpha value is -2.76. The molecular formula is C17H20N2O4. The molecule has 6 heteroatoms. The predicted molar refractivity (Wildman–Crippen MR) is 87.0 cm³/mol. The molecule has 0 aliphatic heterocycles. The third kappa shape index (κ3) is 4.12. The fraction of sp³-hybridized carbons (Fsp3) is 0.294. The average Bonchev–Trinajstić information content (AvgIpc) is 2.48. The van der Waals surface area contributed by atoms with Crippen molar-refractivity contribution in [2.24, 2.45) is 0 Å². The van der Waals surface area contributed by atoms with Crippen molar-refractivity contribution >= 4 is 5.91 Å². The number of benzene rings is 1. The van der Waals surface area contributed by atoms with E-state index in [1.54, 1.807) is 0 Å². The smallest absolute Gasteiger partial charge is 0.252 e. The highest BCUT2D eigenvalue weighted by atomic mass is 16.5. The minimum absolute atomic E-state index is 0.101. The third-order valence-electron chi connectivity index (χ3n) is 3.37. The lowest BCUT2D eigenvalue weighted by molar-refractivity contribution is 0.0938. The number of aromatic nitrogens is 1. The Labute approximate surface area is 134 Å². The lowest BCUT2D eigenvalue weighted by atomic mass is 10.0. The zero-order chi connectivity index (χ0) is 17.0. The molecule has 1 aromatic heterocycles. The number of nitrogens with one attached hydrogen (secondary N) is 2. The predicted octanol–water partition coefficient (Wildman–Crippen LogP) is 2.28. The lowest BCUT2D eigenvalue weighted by Crippen LogP contribution is -2.28. The number of rotatable bonds is 5. The van der Waals surface area contributed by atoms with Crippen molar-refractivity contribution in [3.05, 3.63) is 57.4 Å². The van der Waals surface area contributed by atoms with Crippen LogP contribution in [0, 0.1) is 6.92 Å². The SMILES string of the molecule is CCOc1ccc(C)cc1C(C)NC(=O)c1cc(O)[nH]c(=O)c1. The van der Waals surface area contributed by atoms with E-state index >= 15 is 0 Å². The Kier molecular flexibility index (Phi) is 5.05. The summed E-state index contributed by atoms with van der Waals surface area (Å²) in [4.78, 5) is 25.8. The number of H-pyrrole nitrogens is 1. The summed E-state index contributed by atoms with van der Waals surface area (Å²) >= 11 is 0. The maximum Gasteiger partial charge on any atom is 0.252 e. The Bertz CT molecular complexity index is 767. The number of amides is 1. The van der Waals surface area contributed by atoms with E-state index in [-0.39, 0.29) is 17.5 Å². The molecule has 0 fully saturated rings. The van der Waals surface area contributed by atoms with Gasteiger partial charge in [-0.2, -0.15) is 0 Å². The van der Waals surface area contributed by atoms with E-state index in [4.69, 9.17) is 4.74 Å². The number of hydrogen-bond acceptors (Lipinski definition) is 4. The highest BCUT2D eigenvalue weighted by molar-refractivity contribution is 5.94. The van der Waals surface area contributed by atoms with E-state index in [1.807, 2.05) is 39.0 Å². The molecule has 0 aliphatic rings. The minimum Gasteiger partial charge on any atom is -0.494 e. The van der Waals surface area contributed by atoms with E-state index in [0.29, 0.717) is 12.4 Å². The van der Waals surface area contributed by atoms with Gasteiger partial charge in [0.2, 0.25) is 0 Å². The molecule has 0 aliphatic carbocycles. The van der Waals surface area contributed by atoms with Crippen molar-refractivity contribution in [1.82, 2.24) is 10.3 Å². The van der Waals surface area contributed by atoms with Gasteiger partial charge >= 0.3 is 0 Å². The first-order valence-corrected chi connectivity index (χ1v) is 7.38. The molecule has 2 rings (SSSR count). The third-order valence-corrected chi connectivity index (χ3v) is 3.37. The molecule has 1 aromatic carbocycles. The molecule has 1 amide bonds. The standard InChI is InChI=1S/C17H20N2O4/c1-4-23-14-6-5-10(2)7-13(14)11(3)18-17(22)12-8-15(20)19-16(21)9-12/h5-9,11H,4H2,1-3H3,(H,18,22)(H2,19,20,21). The van der Waals surface area contributed by atoms with Crippen molar-refractivity contribution in [1.29, 1.82) is 0 Å². The number of aromatic hydroxyl groups is 1. The molecule has 0 spiro atoms. The van der Waals surface area contributed by atoms with Gasteiger partial charge in [-0.15, -0.1) is 0 Å². The molecular weight excluding hydrogens is 296 g/mol. The van der Waals surface area contributed by atoms with Crippen LogP contribution in [0.5, 0.6) is 11.6 Å². The summed E-state index contributed by atoms with van der Waals surface area (Å²) in [5.41, 5.74) is 1.48.